The molecule has 0 aromatic heterocycles. The minimum atomic E-state index is -1.18. The first-order valence-corrected chi connectivity index (χ1v) is 5.51. The molecule has 0 unspecified atom stereocenters. The molecule has 3 rings (SSSR count). The summed E-state index contributed by atoms with van der Waals surface area (Å²) in [5.41, 5.74) is 0.163. The van der Waals surface area contributed by atoms with Crippen LogP contribution in [0.3, 0.4) is 0 Å². The summed E-state index contributed by atoms with van der Waals surface area (Å²) in [7, 11) is 0. The van der Waals surface area contributed by atoms with Crippen LogP contribution >= 0.6 is 0 Å². The van der Waals surface area contributed by atoms with Gasteiger partial charge in [0.15, 0.2) is 11.6 Å². The Hall–Kier alpha value is -1.52. The molecule has 1 aliphatic carbocycles. The Balaban J connectivity index is 1.96. The average molecular weight is 241 g/mol. The van der Waals surface area contributed by atoms with Gasteiger partial charge in [-0.25, -0.2) is 13.2 Å². The summed E-state index contributed by atoms with van der Waals surface area (Å²) >= 11 is 0. The zero-order valence-corrected chi connectivity index (χ0v) is 8.84. The largest absolute Gasteiger partial charge is 0.352 e. The van der Waals surface area contributed by atoms with E-state index in [1.807, 2.05) is 0 Å². The van der Waals surface area contributed by atoms with Gasteiger partial charge in [0.2, 0.25) is 5.91 Å². The van der Waals surface area contributed by atoms with E-state index in [4.69, 9.17) is 0 Å². The highest BCUT2D eigenvalue weighted by Gasteiger charge is 2.46. The van der Waals surface area contributed by atoms with Gasteiger partial charge in [-0.1, -0.05) is 0 Å². The van der Waals surface area contributed by atoms with E-state index in [1.165, 1.54) is 0 Å². The number of benzene rings is 1. The van der Waals surface area contributed by atoms with Gasteiger partial charge in [0.1, 0.15) is 5.82 Å². The van der Waals surface area contributed by atoms with Crippen molar-refractivity contribution >= 4 is 5.91 Å². The molecule has 1 aliphatic heterocycles. The Kier molecular flexibility index (Phi) is 2.18. The average Bonchev–Trinajstić information content (AvgIpc) is 2.82. The van der Waals surface area contributed by atoms with Crippen molar-refractivity contribution in [1.29, 1.82) is 0 Å². The number of halogens is 3. The second-order valence-electron chi connectivity index (χ2n) is 4.68. The fraction of sp³-hybridized carbons (Fsp3) is 0.417. The van der Waals surface area contributed by atoms with E-state index in [9.17, 15) is 18.0 Å². The van der Waals surface area contributed by atoms with Gasteiger partial charge in [-0.2, -0.15) is 0 Å². The zero-order chi connectivity index (χ0) is 12.2. The number of nitrogens with one attached hydrogen (secondary N) is 1. The molecule has 1 saturated heterocycles. The van der Waals surface area contributed by atoms with Gasteiger partial charge in [0.05, 0.1) is 0 Å². The maximum Gasteiger partial charge on any atom is 0.223 e. The van der Waals surface area contributed by atoms with Crippen molar-refractivity contribution in [3.63, 3.8) is 0 Å². The zero-order valence-electron chi connectivity index (χ0n) is 8.84. The Bertz CT molecular complexity index is 503. The summed E-state index contributed by atoms with van der Waals surface area (Å²) in [5.74, 6) is -3.34. The summed E-state index contributed by atoms with van der Waals surface area (Å²) in [6.45, 7) is 0. The molecule has 2 nitrogen and oxygen atoms in total. The summed E-state index contributed by atoms with van der Waals surface area (Å²) in [5, 5.41) is 2.74. The number of fused-ring (bicyclic) bond motifs is 2. The molecule has 2 bridgehead atoms. The third kappa shape index (κ3) is 1.52. The van der Waals surface area contributed by atoms with Crippen molar-refractivity contribution in [2.75, 3.05) is 0 Å². The van der Waals surface area contributed by atoms with Crippen molar-refractivity contribution in [3.8, 4) is 0 Å². The number of carbonyl (C=O) groups is 1. The highest BCUT2D eigenvalue weighted by molar-refractivity contribution is 5.83. The number of amides is 1. The predicted octanol–water partition coefficient (Wildman–Crippen LogP) is 2.10. The molecular formula is C12H10F3NO. The van der Waals surface area contributed by atoms with Crippen LogP contribution < -0.4 is 5.32 Å². The molecule has 2 fully saturated rings. The van der Waals surface area contributed by atoms with Gasteiger partial charge in [-0.3, -0.25) is 4.79 Å². The van der Waals surface area contributed by atoms with Crippen molar-refractivity contribution in [2.45, 2.75) is 24.8 Å². The van der Waals surface area contributed by atoms with Gasteiger partial charge in [-0.15, -0.1) is 0 Å². The molecule has 1 saturated carbocycles. The number of piperidine rings is 1. The molecule has 1 aromatic rings. The molecule has 3 atom stereocenters. The highest BCUT2D eigenvalue weighted by atomic mass is 19.2. The fourth-order valence-corrected chi connectivity index (χ4v) is 2.88. The van der Waals surface area contributed by atoms with Gasteiger partial charge < -0.3 is 5.32 Å². The SMILES string of the molecule is O=C1N[C@@H]2C[C@H]1C[C@H]2c1cc(F)c(F)cc1F. The van der Waals surface area contributed by atoms with Crippen LogP contribution in [0.15, 0.2) is 12.1 Å². The molecule has 1 aromatic carbocycles. The normalized spacial score (nSPS) is 30.8. The lowest BCUT2D eigenvalue weighted by Crippen LogP contribution is -2.36. The second-order valence-corrected chi connectivity index (χ2v) is 4.68. The van der Waals surface area contributed by atoms with Crippen molar-refractivity contribution in [1.82, 2.24) is 5.32 Å². The third-order valence-corrected chi connectivity index (χ3v) is 3.70. The standard InChI is InChI=1S/C12H10F3NO/c13-8-4-10(15)9(14)3-6(8)7-1-5-2-11(7)16-12(5)17/h3-5,7,11H,1-2H2,(H,16,17)/t5-,7+,11-/m1/s1. The Morgan fingerprint density at radius 1 is 1.06 bits per heavy atom. The molecule has 0 radical (unpaired) electrons. The number of hydrogen-bond acceptors (Lipinski definition) is 1. The van der Waals surface area contributed by atoms with E-state index in [0.717, 1.165) is 6.07 Å². The van der Waals surface area contributed by atoms with Crippen LogP contribution in [-0.2, 0) is 4.79 Å². The van der Waals surface area contributed by atoms with E-state index in [-0.39, 0.29) is 29.3 Å². The Labute approximate surface area is 95.8 Å². The van der Waals surface area contributed by atoms with E-state index in [1.54, 1.807) is 0 Å². The van der Waals surface area contributed by atoms with E-state index in [0.29, 0.717) is 18.9 Å². The summed E-state index contributed by atoms with van der Waals surface area (Å²) in [4.78, 5) is 11.3. The first kappa shape index (κ1) is 10.6. The molecule has 0 spiro atoms. The highest BCUT2D eigenvalue weighted by Crippen LogP contribution is 2.43. The maximum absolute atomic E-state index is 13.6. The van der Waals surface area contributed by atoms with Gasteiger partial charge in [0, 0.05) is 23.9 Å². The van der Waals surface area contributed by atoms with Crippen LogP contribution in [0.5, 0.6) is 0 Å². The monoisotopic (exact) mass is 241 g/mol. The van der Waals surface area contributed by atoms with E-state index in [2.05, 4.69) is 5.32 Å². The van der Waals surface area contributed by atoms with Crippen LogP contribution in [-0.4, -0.2) is 11.9 Å². The van der Waals surface area contributed by atoms with Gasteiger partial charge >= 0.3 is 0 Å². The molecule has 5 heteroatoms. The quantitative estimate of drug-likeness (QED) is 0.749. The minimum absolute atomic E-state index is 0.0192. The van der Waals surface area contributed by atoms with Crippen molar-refractivity contribution in [2.24, 2.45) is 5.92 Å². The van der Waals surface area contributed by atoms with Crippen molar-refractivity contribution < 1.29 is 18.0 Å². The van der Waals surface area contributed by atoms with Crippen LogP contribution in [0.4, 0.5) is 13.2 Å². The molecule has 1 amide bonds. The van der Waals surface area contributed by atoms with Crippen molar-refractivity contribution in [3.05, 3.63) is 35.1 Å². The molecular weight excluding hydrogens is 231 g/mol. The van der Waals surface area contributed by atoms with E-state index >= 15 is 0 Å². The topological polar surface area (TPSA) is 29.1 Å². The number of carbonyl (C=O) groups excluding carboxylic acids is 1. The molecule has 1 N–H and O–H groups in total. The molecule has 90 valence electrons. The summed E-state index contributed by atoms with van der Waals surface area (Å²) in [6.07, 6.45) is 1.17. The maximum atomic E-state index is 13.6. The first-order chi connectivity index (χ1) is 8.06. The Morgan fingerprint density at radius 3 is 2.35 bits per heavy atom. The van der Waals surface area contributed by atoms with Crippen LogP contribution in [0.1, 0.15) is 24.3 Å². The summed E-state index contributed by atoms with van der Waals surface area (Å²) < 4.78 is 39.5. The van der Waals surface area contributed by atoms with Gasteiger partial charge in [-0.05, 0) is 24.5 Å². The van der Waals surface area contributed by atoms with Crippen LogP contribution in [0, 0.1) is 23.4 Å². The minimum Gasteiger partial charge on any atom is -0.352 e. The lowest BCUT2D eigenvalue weighted by Gasteiger charge is -2.23. The second kappa shape index (κ2) is 3.48. The first-order valence-electron chi connectivity index (χ1n) is 5.51. The summed E-state index contributed by atoms with van der Waals surface area (Å²) in [6, 6.07) is 1.33. The number of rotatable bonds is 1. The smallest absolute Gasteiger partial charge is 0.223 e. The lowest BCUT2D eigenvalue weighted by atomic mass is 9.91. The van der Waals surface area contributed by atoms with Gasteiger partial charge in [0.25, 0.3) is 0 Å². The number of hydrogen-bond donors (Lipinski definition) is 1. The lowest BCUT2D eigenvalue weighted by molar-refractivity contribution is -0.123. The fourth-order valence-electron chi connectivity index (χ4n) is 2.88. The third-order valence-electron chi connectivity index (χ3n) is 3.70. The van der Waals surface area contributed by atoms with Crippen LogP contribution in [0.25, 0.3) is 0 Å². The van der Waals surface area contributed by atoms with E-state index < -0.39 is 17.5 Å². The molecule has 17 heavy (non-hydrogen) atoms. The predicted molar refractivity (Wildman–Crippen MR) is 53.7 cm³/mol. The van der Waals surface area contributed by atoms with Crippen LogP contribution in [0.2, 0.25) is 0 Å². The molecule has 2 aliphatic rings. The molecule has 1 heterocycles. The Morgan fingerprint density at radius 2 is 1.76 bits per heavy atom.